The zero-order valence-electron chi connectivity index (χ0n) is 12.3. The van der Waals surface area contributed by atoms with Crippen molar-refractivity contribution in [2.45, 2.75) is 26.8 Å². The van der Waals surface area contributed by atoms with E-state index in [4.69, 9.17) is 0 Å². The summed E-state index contributed by atoms with van der Waals surface area (Å²) in [6, 6.07) is 2.11. The highest BCUT2D eigenvalue weighted by Crippen LogP contribution is 2.30. The van der Waals surface area contributed by atoms with Crippen molar-refractivity contribution < 1.29 is 4.79 Å². The summed E-state index contributed by atoms with van der Waals surface area (Å²) >= 11 is 0. The van der Waals surface area contributed by atoms with Crippen molar-refractivity contribution in [2.75, 3.05) is 7.05 Å². The zero-order chi connectivity index (χ0) is 14.3. The van der Waals surface area contributed by atoms with Gasteiger partial charge in [-0.3, -0.25) is 9.78 Å². The molecule has 0 aromatic carbocycles. The van der Waals surface area contributed by atoms with Crippen molar-refractivity contribution in [3.05, 3.63) is 47.3 Å². The van der Waals surface area contributed by atoms with Gasteiger partial charge in [-0.25, -0.2) is 0 Å². The Labute approximate surface area is 120 Å². The van der Waals surface area contributed by atoms with Gasteiger partial charge in [-0.05, 0) is 29.9 Å². The van der Waals surface area contributed by atoms with Crippen LogP contribution in [0.25, 0.3) is 5.57 Å². The molecular formula is C17H20N2O. The normalized spacial score (nSPS) is 21.4. The van der Waals surface area contributed by atoms with Crippen molar-refractivity contribution in [2.24, 2.45) is 11.8 Å². The van der Waals surface area contributed by atoms with Gasteiger partial charge in [0.1, 0.15) is 5.69 Å². The number of pyridine rings is 1. The standard InChI is InChI=1S/C17H20N2O/c1-11(2)12-5-4-6-13(7-12)14-8-15-10-19(3)17(20)16(15)18-9-14/h4,6-9,11-12H,5,10H2,1-3H3. The van der Waals surface area contributed by atoms with E-state index in [0.717, 1.165) is 17.5 Å². The first-order chi connectivity index (χ1) is 9.56. The predicted molar refractivity (Wildman–Crippen MR) is 80.1 cm³/mol. The molecule has 2 heterocycles. The summed E-state index contributed by atoms with van der Waals surface area (Å²) < 4.78 is 0. The van der Waals surface area contributed by atoms with Crippen LogP contribution in [0.1, 0.15) is 41.9 Å². The maximum atomic E-state index is 11.9. The third kappa shape index (κ3) is 2.17. The molecule has 1 aromatic heterocycles. The molecule has 3 nitrogen and oxygen atoms in total. The molecule has 1 unspecified atom stereocenters. The summed E-state index contributed by atoms with van der Waals surface area (Å²) in [5.74, 6) is 1.26. The Balaban J connectivity index is 1.95. The lowest BCUT2D eigenvalue weighted by atomic mass is 9.85. The van der Waals surface area contributed by atoms with Gasteiger partial charge in [0.25, 0.3) is 5.91 Å². The van der Waals surface area contributed by atoms with Crippen LogP contribution in [0.15, 0.2) is 30.5 Å². The first-order valence-electron chi connectivity index (χ1n) is 7.19. The largest absolute Gasteiger partial charge is 0.336 e. The number of fused-ring (bicyclic) bond motifs is 1. The minimum Gasteiger partial charge on any atom is -0.336 e. The van der Waals surface area contributed by atoms with Crippen LogP contribution in [0, 0.1) is 11.8 Å². The molecule has 0 radical (unpaired) electrons. The number of hydrogen-bond donors (Lipinski definition) is 0. The summed E-state index contributed by atoms with van der Waals surface area (Å²) in [5, 5.41) is 0. The molecule has 1 aliphatic heterocycles. The predicted octanol–water partition coefficient (Wildman–Crippen LogP) is 3.28. The van der Waals surface area contributed by atoms with Crippen LogP contribution >= 0.6 is 0 Å². The second kappa shape index (κ2) is 4.89. The van der Waals surface area contributed by atoms with Crippen LogP contribution in [0.5, 0.6) is 0 Å². The van der Waals surface area contributed by atoms with E-state index < -0.39 is 0 Å². The number of aromatic nitrogens is 1. The number of amides is 1. The Morgan fingerprint density at radius 1 is 1.40 bits per heavy atom. The lowest BCUT2D eigenvalue weighted by Crippen LogP contribution is -2.18. The van der Waals surface area contributed by atoms with E-state index in [9.17, 15) is 4.79 Å². The quantitative estimate of drug-likeness (QED) is 0.824. The van der Waals surface area contributed by atoms with E-state index >= 15 is 0 Å². The average molecular weight is 268 g/mol. The molecule has 1 aliphatic carbocycles. The molecule has 3 rings (SSSR count). The van der Waals surface area contributed by atoms with Crippen LogP contribution < -0.4 is 0 Å². The smallest absolute Gasteiger partial charge is 0.272 e. The first kappa shape index (κ1) is 13.1. The summed E-state index contributed by atoms with van der Waals surface area (Å²) in [4.78, 5) is 17.9. The maximum absolute atomic E-state index is 11.9. The summed E-state index contributed by atoms with van der Waals surface area (Å²) in [7, 11) is 1.82. The molecule has 3 heteroatoms. The number of carbonyl (C=O) groups is 1. The number of hydrogen-bond acceptors (Lipinski definition) is 2. The Morgan fingerprint density at radius 2 is 2.20 bits per heavy atom. The molecule has 104 valence electrons. The van der Waals surface area contributed by atoms with Crippen molar-refractivity contribution in [1.82, 2.24) is 9.88 Å². The summed E-state index contributed by atoms with van der Waals surface area (Å²) in [6.45, 7) is 5.18. The van der Waals surface area contributed by atoms with E-state index in [0.29, 0.717) is 24.1 Å². The fraction of sp³-hybridized carbons (Fsp3) is 0.412. The van der Waals surface area contributed by atoms with Gasteiger partial charge >= 0.3 is 0 Å². The minimum atomic E-state index is 0.0276. The molecule has 1 amide bonds. The van der Waals surface area contributed by atoms with E-state index in [1.54, 1.807) is 4.90 Å². The number of nitrogens with zero attached hydrogens (tertiary/aromatic N) is 2. The second-order valence-electron chi connectivity index (χ2n) is 6.06. The Kier molecular flexibility index (Phi) is 3.20. The molecule has 0 saturated carbocycles. The maximum Gasteiger partial charge on any atom is 0.272 e. The third-order valence-electron chi connectivity index (χ3n) is 4.21. The molecule has 0 N–H and O–H groups in total. The van der Waals surface area contributed by atoms with E-state index in [2.05, 4.69) is 43.1 Å². The van der Waals surface area contributed by atoms with Crippen LogP contribution in [-0.4, -0.2) is 22.8 Å². The van der Waals surface area contributed by atoms with Crippen molar-refractivity contribution in [3.63, 3.8) is 0 Å². The van der Waals surface area contributed by atoms with Crippen LogP contribution in [0.2, 0.25) is 0 Å². The molecule has 2 aliphatic rings. The zero-order valence-corrected chi connectivity index (χ0v) is 12.3. The Morgan fingerprint density at radius 3 is 2.95 bits per heavy atom. The number of rotatable bonds is 2. The molecule has 20 heavy (non-hydrogen) atoms. The van der Waals surface area contributed by atoms with Crippen molar-refractivity contribution in [3.8, 4) is 0 Å². The van der Waals surface area contributed by atoms with Crippen LogP contribution in [-0.2, 0) is 6.54 Å². The molecule has 0 spiro atoms. The van der Waals surface area contributed by atoms with Crippen molar-refractivity contribution >= 4 is 11.5 Å². The van der Waals surface area contributed by atoms with Gasteiger partial charge in [0.05, 0.1) is 0 Å². The highest BCUT2D eigenvalue weighted by molar-refractivity contribution is 5.96. The molecule has 0 bridgehead atoms. The topological polar surface area (TPSA) is 33.2 Å². The van der Waals surface area contributed by atoms with Gasteiger partial charge in [0.2, 0.25) is 0 Å². The van der Waals surface area contributed by atoms with E-state index in [-0.39, 0.29) is 5.91 Å². The molecule has 1 aromatic rings. The van der Waals surface area contributed by atoms with E-state index in [1.165, 1.54) is 5.57 Å². The van der Waals surface area contributed by atoms with Gasteiger partial charge in [-0.15, -0.1) is 0 Å². The van der Waals surface area contributed by atoms with Gasteiger partial charge in [-0.2, -0.15) is 0 Å². The number of allylic oxidation sites excluding steroid dienone is 4. The lowest BCUT2D eigenvalue weighted by Gasteiger charge is -2.20. The first-order valence-corrected chi connectivity index (χ1v) is 7.19. The number of carbonyl (C=O) groups excluding carboxylic acids is 1. The van der Waals surface area contributed by atoms with E-state index in [1.807, 2.05) is 13.2 Å². The van der Waals surface area contributed by atoms with Crippen LogP contribution in [0.3, 0.4) is 0 Å². The second-order valence-corrected chi connectivity index (χ2v) is 6.06. The summed E-state index contributed by atoms with van der Waals surface area (Å²) in [5.41, 5.74) is 3.99. The van der Waals surface area contributed by atoms with Gasteiger partial charge in [0, 0.05) is 30.9 Å². The fourth-order valence-electron chi connectivity index (χ4n) is 2.85. The monoisotopic (exact) mass is 268 g/mol. The Hall–Kier alpha value is -1.90. The minimum absolute atomic E-state index is 0.0276. The van der Waals surface area contributed by atoms with Crippen LogP contribution in [0.4, 0.5) is 0 Å². The van der Waals surface area contributed by atoms with Gasteiger partial charge < -0.3 is 4.90 Å². The average Bonchev–Trinajstić information content (AvgIpc) is 2.74. The molecule has 0 fully saturated rings. The lowest BCUT2D eigenvalue weighted by molar-refractivity contribution is 0.0812. The van der Waals surface area contributed by atoms with Crippen molar-refractivity contribution in [1.29, 1.82) is 0 Å². The molecule has 0 saturated heterocycles. The Bertz CT molecular complexity index is 613. The third-order valence-corrected chi connectivity index (χ3v) is 4.21. The fourth-order valence-corrected chi connectivity index (χ4v) is 2.85. The van der Waals surface area contributed by atoms with Gasteiger partial charge in [-0.1, -0.05) is 32.1 Å². The van der Waals surface area contributed by atoms with Gasteiger partial charge in [0.15, 0.2) is 0 Å². The molecular weight excluding hydrogens is 248 g/mol. The highest BCUT2D eigenvalue weighted by Gasteiger charge is 2.26. The molecule has 1 atom stereocenters. The summed E-state index contributed by atoms with van der Waals surface area (Å²) in [6.07, 6.45) is 9.69. The highest BCUT2D eigenvalue weighted by atomic mass is 16.2. The SMILES string of the molecule is CC(C)C1C=C(c2cnc3c(c2)CN(C)C3=O)C=CC1.